The highest BCUT2D eigenvalue weighted by molar-refractivity contribution is 7.89. The van der Waals surface area contributed by atoms with Crippen LogP contribution in [0.2, 0.25) is 0 Å². The maximum atomic E-state index is 12.4. The van der Waals surface area contributed by atoms with Crippen LogP contribution in [0.15, 0.2) is 58.8 Å². The molecule has 0 aliphatic carbocycles. The first kappa shape index (κ1) is 17.2. The Morgan fingerprint density at radius 3 is 2.36 bits per heavy atom. The van der Waals surface area contributed by atoms with E-state index >= 15 is 0 Å². The molecule has 0 bridgehead atoms. The van der Waals surface area contributed by atoms with Crippen molar-refractivity contribution >= 4 is 22.1 Å². The zero-order valence-corrected chi connectivity index (χ0v) is 14.3. The van der Waals surface area contributed by atoms with Crippen molar-refractivity contribution in [2.75, 3.05) is 13.1 Å². The summed E-state index contributed by atoms with van der Waals surface area (Å²) in [5.41, 5.74) is 3.56. The van der Waals surface area contributed by atoms with Gasteiger partial charge in [-0.15, -0.1) is 0 Å². The third-order valence-corrected chi connectivity index (χ3v) is 5.82. The van der Waals surface area contributed by atoms with Crippen molar-refractivity contribution in [1.29, 1.82) is 0 Å². The Labute approximate surface area is 146 Å². The summed E-state index contributed by atoms with van der Waals surface area (Å²) in [5, 5.41) is 3.87. The van der Waals surface area contributed by atoms with Gasteiger partial charge in [-0.1, -0.05) is 0 Å². The fraction of sp³-hybridized carbons (Fsp3) is 0.235. The number of benzene rings is 1. The molecule has 0 radical (unpaired) electrons. The molecule has 3 rings (SSSR count). The molecule has 1 amide bonds. The number of hydrogen-bond acceptors (Lipinski definition) is 5. The highest BCUT2D eigenvalue weighted by Gasteiger charge is 2.27. The molecule has 0 saturated carbocycles. The van der Waals surface area contributed by atoms with Gasteiger partial charge >= 0.3 is 0 Å². The molecule has 1 aliphatic heterocycles. The molecule has 8 heteroatoms. The van der Waals surface area contributed by atoms with Gasteiger partial charge in [0.25, 0.3) is 5.91 Å². The lowest BCUT2D eigenvalue weighted by molar-refractivity contribution is 0.0955. The highest BCUT2D eigenvalue weighted by atomic mass is 32.2. The Morgan fingerprint density at radius 1 is 1.08 bits per heavy atom. The molecule has 2 aromatic rings. The fourth-order valence-electron chi connectivity index (χ4n) is 2.54. The fourth-order valence-corrected chi connectivity index (χ4v) is 4.05. The van der Waals surface area contributed by atoms with Crippen molar-refractivity contribution < 1.29 is 13.2 Å². The van der Waals surface area contributed by atoms with E-state index in [1.165, 1.54) is 34.8 Å². The molecule has 1 aliphatic rings. The van der Waals surface area contributed by atoms with E-state index < -0.39 is 15.9 Å². The molecule has 1 N–H and O–H groups in total. The maximum Gasteiger partial charge on any atom is 0.271 e. The number of amides is 1. The minimum atomic E-state index is -3.47. The normalized spacial score (nSPS) is 15.5. The lowest BCUT2D eigenvalue weighted by atomic mass is 10.2. The molecule has 25 heavy (non-hydrogen) atoms. The summed E-state index contributed by atoms with van der Waals surface area (Å²) in [6, 6.07) is 9.39. The third-order valence-electron chi connectivity index (χ3n) is 3.91. The maximum absolute atomic E-state index is 12.4. The number of carbonyl (C=O) groups is 1. The van der Waals surface area contributed by atoms with Crippen LogP contribution in [0, 0.1) is 0 Å². The number of nitrogens with one attached hydrogen (secondary N) is 1. The van der Waals surface area contributed by atoms with Gasteiger partial charge in [0.15, 0.2) is 0 Å². The largest absolute Gasteiger partial charge is 0.271 e. The Bertz CT molecular complexity index is 859. The second-order valence-electron chi connectivity index (χ2n) is 5.62. The molecular formula is C17H18N4O3S. The minimum absolute atomic E-state index is 0.200. The van der Waals surface area contributed by atoms with Crippen LogP contribution < -0.4 is 5.43 Å². The third kappa shape index (κ3) is 4.09. The number of nitrogens with zero attached hydrogens (tertiary/aromatic N) is 3. The summed E-state index contributed by atoms with van der Waals surface area (Å²) in [7, 11) is -3.47. The Kier molecular flexibility index (Phi) is 5.20. The lowest BCUT2D eigenvalue weighted by Gasteiger charge is -2.15. The van der Waals surface area contributed by atoms with E-state index in [2.05, 4.69) is 15.5 Å². The quantitative estimate of drug-likeness (QED) is 0.649. The van der Waals surface area contributed by atoms with Gasteiger partial charge < -0.3 is 0 Å². The van der Waals surface area contributed by atoms with Crippen LogP contribution in [0.25, 0.3) is 0 Å². The molecular weight excluding hydrogens is 340 g/mol. The summed E-state index contributed by atoms with van der Waals surface area (Å²) in [6.07, 6.45) is 6.53. The number of sulfonamides is 1. The summed E-state index contributed by atoms with van der Waals surface area (Å²) in [4.78, 5) is 16.1. The van der Waals surface area contributed by atoms with Gasteiger partial charge in [-0.3, -0.25) is 9.78 Å². The second-order valence-corrected chi connectivity index (χ2v) is 7.55. The van der Waals surface area contributed by atoms with Gasteiger partial charge in [0.05, 0.1) is 11.1 Å². The van der Waals surface area contributed by atoms with Crippen LogP contribution in [-0.2, 0) is 10.0 Å². The molecule has 0 unspecified atom stereocenters. The summed E-state index contributed by atoms with van der Waals surface area (Å²) >= 11 is 0. The molecule has 7 nitrogen and oxygen atoms in total. The van der Waals surface area contributed by atoms with Crippen LogP contribution in [0.1, 0.15) is 28.8 Å². The van der Waals surface area contributed by atoms with Gasteiger partial charge in [0.1, 0.15) is 0 Å². The zero-order chi connectivity index (χ0) is 17.7. The first-order chi connectivity index (χ1) is 12.1. The average molecular weight is 358 g/mol. The molecule has 1 fully saturated rings. The van der Waals surface area contributed by atoms with Crippen LogP contribution in [-0.4, -0.2) is 42.9 Å². The van der Waals surface area contributed by atoms with Crippen LogP contribution >= 0.6 is 0 Å². The van der Waals surface area contributed by atoms with E-state index in [0.29, 0.717) is 18.7 Å². The molecule has 0 spiro atoms. The van der Waals surface area contributed by atoms with E-state index in [9.17, 15) is 13.2 Å². The predicted molar refractivity (Wildman–Crippen MR) is 93.7 cm³/mol. The zero-order valence-electron chi connectivity index (χ0n) is 13.5. The average Bonchev–Trinajstić information content (AvgIpc) is 3.18. The number of hydrogen-bond donors (Lipinski definition) is 1. The number of hydrazone groups is 1. The van der Waals surface area contributed by atoms with E-state index in [-0.39, 0.29) is 4.90 Å². The van der Waals surface area contributed by atoms with E-state index in [1.807, 2.05) is 0 Å². The molecule has 1 aromatic heterocycles. The molecule has 1 saturated heterocycles. The summed E-state index contributed by atoms with van der Waals surface area (Å²) in [5.74, 6) is -0.407. The Hall–Kier alpha value is -2.58. The van der Waals surface area contributed by atoms with Crippen LogP contribution in [0.4, 0.5) is 0 Å². The molecule has 0 atom stereocenters. The first-order valence-corrected chi connectivity index (χ1v) is 9.35. The standard InChI is InChI=1S/C17H18N4O3S/c22-17(20-19-13-14-7-9-18-10-8-14)15-3-5-16(6-4-15)25(23,24)21-11-1-2-12-21/h3-10,13H,1-2,11-12H2,(H,20,22)/b19-13-. The van der Waals surface area contributed by atoms with Crippen molar-refractivity contribution in [3.05, 3.63) is 59.9 Å². The Balaban J connectivity index is 1.65. The first-order valence-electron chi connectivity index (χ1n) is 7.91. The summed E-state index contributed by atoms with van der Waals surface area (Å²) in [6.45, 7) is 1.10. The lowest BCUT2D eigenvalue weighted by Crippen LogP contribution is -2.28. The molecule has 130 valence electrons. The smallest absolute Gasteiger partial charge is 0.267 e. The van der Waals surface area contributed by atoms with E-state index in [4.69, 9.17) is 0 Å². The van der Waals surface area contributed by atoms with Crippen molar-refractivity contribution in [3.63, 3.8) is 0 Å². The van der Waals surface area contributed by atoms with Crippen molar-refractivity contribution in [3.8, 4) is 0 Å². The van der Waals surface area contributed by atoms with Crippen LogP contribution in [0.3, 0.4) is 0 Å². The highest BCUT2D eigenvalue weighted by Crippen LogP contribution is 2.21. The number of aromatic nitrogens is 1. The number of carbonyl (C=O) groups excluding carboxylic acids is 1. The predicted octanol–water partition coefficient (Wildman–Crippen LogP) is 1.63. The molecule has 2 heterocycles. The number of pyridine rings is 1. The second kappa shape index (κ2) is 7.54. The van der Waals surface area contributed by atoms with Crippen LogP contribution in [0.5, 0.6) is 0 Å². The van der Waals surface area contributed by atoms with Gasteiger partial charge in [-0.2, -0.15) is 9.41 Å². The summed E-state index contributed by atoms with van der Waals surface area (Å²) < 4.78 is 26.4. The monoisotopic (exact) mass is 358 g/mol. The van der Waals surface area contributed by atoms with Crippen molar-refractivity contribution in [1.82, 2.24) is 14.7 Å². The van der Waals surface area contributed by atoms with Gasteiger partial charge in [-0.25, -0.2) is 13.8 Å². The van der Waals surface area contributed by atoms with Gasteiger partial charge in [0, 0.05) is 31.0 Å². The Morgan fingerprint density at radius 2 is 1.72 bits per heavy atom. The van der Waals surface area contributed by atoms with Gasteiger partial charge in [0.2, 0.25) is 10.0 Å². The topological polar surface area (TPSA) is 91.7 Å². The SMILES string of the molecule is O=C(N/N=C\c1ccncc1)c1ccc(S(=O)(=O)N2CCCC2)cc1. The minimum Gasteiger partial charge on any atom is -0.267 e. The van der Waals surface area contributed by atoms with E-state index in [1.54, 1.807) is 24.5 Å². The number of rotatable bonds is 5. The molecule has 1 aromatic carbocycles. The van der Waals surface area contributed by atoms with Crippen molar-refractivity contribution in [2.24, 2.45) is 5.10 Å². The van der Waals surface area contributed by atoms with E-state index in [0.717, 1.165) is 18.4 Å². The van der Waals surface area contributed by atoms with Crippen molar-refractivity contribution in [2.45, 2.75) is 17.7 Å². The van der Waals surface area contributed by atoms with Gasteiger partial charge in [-0.05, 0) is 54.8 Å².